The number of amides is 1. The largest absolute Gasteiger partial charge is 0.344 e. The summed E-state index contributed by atoms with van der Waals surface area (Å²) in [6.07, 6.45) is 1.81. The maximum absolute atomic E-state index is 11.5. The summed E-state index contributed by atoms with van der Waals surface area (Å²) in [6.45, 7) is 0.358. The molecular formula is C8H8ClN5OS. The highest BCUT2D eigenvalue weighted by Gasteiger charge is 2.11. The molecule has 0 aromatic carbocycles. The highest BCUT2D eigenvalue weighted by molar-refractivity contribution is 7.17. The van der Waals surface area contributed by atoms with Gasteiger partial charge < -0.3 is 5.32 Å². The fourth-order valence-electron chi connectivity index (χ4n) is 1.10. The third kappa shape index (κ3) is 2.56. The quantitative estimate of drug-likeness (QED) is 0.885. The first-order chi connectivity index (χ1) is 7.65. The number of carbonyl (C=O) groups excluding carboxylic acids is 1. The van der Waals surface area contributed by atoms with Crippen LogP contribution in [0.25, 0.3) is 0 Å². The van der Waals surface area contributed by atoms with E-state index in [1.165, 1.54) is 0 Å². The van der Waals surface area contributed by atoms with E-state index >= 15 is 0 Å². The molecule has 2 aromatic heterocycles. The van der Waals surface area contributed by atoms with E-state index in [0.717, 1.165) is 17.0 Å². The molecule has 1 amide bonds. The summed E-state index contributed by atoms with van der Waals surface area (Å²) in [5.41, 5.74) is 0.784. The Morgan fingerprint density at radius 3 is 3.00 bits per heavy atom. The monoisotopic (exact) mass is 257 g/mol. The van der Waals surface area contributed by atoms with Crippen LogP contribution >= 0.6 is 22.9 Å². The Hall–Kier alpha value is -1.47. The zero-order valence-corrected chi connectivity index (χ0v) is 9.92. The van der Waals surface area contributed by atoms with E-state index in [1.807, 2.05) is 19.3 Å². The third-order valence-corrected chi connectivity index (χ3v) is 2.81. The van der Waals surface area contributed by atoms with Gasteiger partial charge in [0.05, 0.1) is 12.2 Å². The van der Waals surface area contributed by atoms with Gasteiger partial charge in [-0.15, -0.1) is 10.2 Å². The minimum Gasteiger partial charge on any atom is -0.344 e. The first kappa shape index (κ1) is 11.0. The molecule has 0 saturated carbocycles. The van der Waals surface area contributed by atoms with Gasteiger partial charge in [-0.2, -0.15) is 5.10 Å². The van der Waals surface area contributed by atoms with Gasteiger partial charge in [-0.25, -0.2) is 0 Å². The second-order valence-corrected chi connectivity index (χ2v) is 4.58. The van der Waals surface area contributed by atoms with E-state index in [0.29, 0.717) is 6.54 Å². The molecule has 2 rings (SSSR count). The topological polar surface area (TPSA) is 72.7 Å². The number of carbonyl (C=O) groups is 1. The number of aryl methyl sites for hydroxylation is 1. The van der Waals surface area contributed by atoms with Gasteiger partial charge in [0.2, 0.25) is 9.47 Å². The second kappa shape index (κ2) is 4.58. The smallest absolute Gasteiger partial charge is 0.282 e. The van der Waals surface area contributed by atoms with E-state index < -0.39 is 0 Å². The minimum absolute atomic E-state index is 0.251. The molecule has 0 unspecified atom stereocenters. The summed E-state index contributed by atoms with van der Waals surface area (Å²) in [5.74, 6) is -0.296. The Kier molecular flexibility index (Phi) is 3.16. The highest BCUT2D eigenvalue weighted by Crippen LogP contribution is 2.14. The Bertz CT molecular complexity index is 508. The maximum Gasteiger partial charge on any atom is 0.282 e. The van der Waals surface area contributed by atoms with Gasteiger partial charge in [0, 0.05) is 13.2 Å². The van der Waals surface area contributed by atoms with Crippen molar-refractivity contribution in [3.8, 4) is 0 Å². The van der Waals surface area contributed by atoms with Crippen molar-refractivity contribution in [2.75, 3.05) is 0 Å². The van der Waals surface area contributed by atoms with Crippen molar-refractivity contribution >= 4 is 28.8 Å². The van der Waals surface area contributed by atoms with Crippen LogP contribution < -0.4 is 5.32 Å². The summed E-state index contributed by atoms with van der Waals surface area (Å²) < 4.78 is 1.92. The molecule has 84 valence electrons. The average Bonchev–Trinajstić information content (AvgIpc) is 2.84. The SMILES string of the molecule is Cn1ccc(CNC(=O)c2nnc(Cl)s2)n1. The molecule has 0 atom stereocenters. The standard InChI is InChI=1S/C8H8ClN5OS/c1-14-3-2-5(13-14)4-10-6(15)7-11-12-8(9)16-7/h2-3H,4H2,1H3,(H,10,15). The van der Waals surface area contributed by atoms with Gasteiger partial charge in [-0.05, 0) is 17.7 Å². The van der Waals surface area contributed by atoms with E-state index in [4.69, 9.17) is 11.6 Å². The van der Waals surface area contributed by atoms with Crippen LogP contribution in [0.15, 0.2) is 12.3 Å². The van der Waals surface area contributed by atoms with Crippen molar-refractivity contribution in [1.29, 1.82) is 0 Å². The Morgan fingerprint density at radius 1 is 1.62 bits per heavy atom. The van der Waals surface area contributed by atoms with Crippen LogP contribution in [0.4, 0.5) is 0 Å². The van der Waals surface area contributed by atoms with Crippen molar-refractivity contribution in [1.82, 2.24) is 25.3 Å². The average molecular weight is 258 g/mol. The molecule has 1 N–H and O–H groups in total. The summed E-state index contributed by atoms with van der Waals surface area (Å²) in [5, 5.41) is 14.2. The van der Waals surface area contributed by atoms with Crippen molar-refractivity contribution in [3.05, 3.63) is 27.4 Å². The lowest BCUT2D eigenvalue weighted by molar-refractivity contribution is 0.0949. The number of rotatable bonds is 3. The van der Waals surface area contributed by atoms with Gasteiger partial charge in [0.15, 0.2) is 0 Å². The number of halogens is 1. The van der Waals surface area contributed by atoms with Gasteiger partial charge in [-0.1, -0.05) is 11.3 Å². The molecule has 2 aromatic rings. The lowest BCUT2D eigenvalue weighted by Gasteiger charge is -1.98. The van der Waals surface area contributed by atoms with Crippen molar-refractivity contribution in [3.63, 3.8) is 0 Å². The molecule has 8 heteroatoms. The van der Waals surface area contributed by atoms with Crippen LogP contribution in [0.1, 0.15) is 15.5 Å². The fraction of sp³-hybridized carbons (Fsp3) is 0.250. The summed E-state index contributed by atoms with van der Waals surface area (Å²) in [4.78, 5) is 11.5. The molecule has 0 aliphatic carbocycles. The number of hydrogen-bond donors (Lipinski definition) is 1. The van der Waals surface area contributed by atoms with E-state index in [2.05, 4.69) is 20.6 Å². The fourth-order valence-corrected chi connectivity index (χ4v) is 1.85. The molecule has 0 spiro atoms. The Balaban J connectivity index is 1.93. The first-order valence-corrected chi connectivity index (χ1v) is 5.60. The van der Waals surface area contributed by atoms with Crippen LogP contribution in [0.3, 0.4) is 0 Å². The van der Waals surface area contributed by atoms with Gasteiger partial charge in [-0.3, -0.25) is 9.48 Å². The summed E-state index contributed by atoms with van der Waals surface area (Å²) in [6, 6.07) is 1.83. The molecular weight excluding hydrogens is 250 g/mol. The number of nitrogens with one attached hydrogen (secondary N) is 1. The molecule has 0 saturated heterocycles. The number of aromatic nitrogens is 4. The normalized spacial score (nSPS) is 10.4. The van der Waals surface area contributed by atoms with Gasteiger partial charge in [0.1, 0.15) is 0 Å². The van der Waals surface area contributed by atoms with E-state index in [-0.39, 0.29) is 15.4 Å². The molecule has 0 aliphatic rings. The molecule has 2 heterocycles. The molecule has 6 nitrogen and oxygen atoms in total. The summed E-state index contributed by atoms with van der Waals surface area (Å²) >= 11 is 6.62. The molecule has 0 bridgehead atoms. The second-order valence-electron chi connectivity index (χ2n) is 3.02. The van der Waals surface area contributed by atoms with Gasteiger partial charge in [0.25, 0.3) is 5.91 Å². The highest BCUT2D eigenvalue weighted by atomic mass is 35.5. The number of nitrogens with zero attached hydrogens (tertiary/aromatic N) is 4. The first-order valence-electron chi connectivity index (χ1n) is 4.41. The third-order valence-electron chi connectivity index (χ3n) is 1.79. The molecule has 16 heavy (non-hydrogen) atoms. The lowest BCUT2D eigenvalue weighted by atomic mass is 10.4. The lowest BCUT2D eigenvalue weighted by Crippen LogP contribution is -2.22. The van der Waals surface area contributed by atoms with Crippen LogP contribution in [-0.2, 0) is 13.6 Å². The summed E-state index contributed by atoms with van der Waals surface area (Å²) in [7, 11) is 1.82. The molecule has 0 fully saturated rings. The number of hydrogen-bond acceptors (Lipinski definition) is 5. The van der Waals surface area contributed by atoms with Crippen LogP contribution in [0.5, 0.6) is 0 Å². The zero-order valence-electron chi connectivity index (χ0n) is 8.35. The van der Waals surface area contributed by atoms with Crippen molar-refractivity contribution < 1.29 is 4.79 Å². The van der Waals surface area contributed by atoms with Crippen LogP contribution in [-0.4, -0.2) is 25.9 Å². The Morgan fingerprint density at radius 2 is 2.44 bits per heavy atom. The van der Waals surface area contributed by atoms with Crippen molar-refractivity contribution in [2.24, 2.45) is 7.05 Å². The van der Waals surface area contributed by atoms with Crippen molar-refractivity contribution in [2.45, 2.75) is 6.54 Å². The van der Waals surface area contributed by atoms with E-state index in [1.54, 1.807) is 4.68 Å². The zero-order chi connectivity index (χ0) is 11.5. The minimum atomic E-state index is -0.296. The Labute approximate surface area is 100 Å². The predicted molar refractivity (Wildman–Crippen MR) is 59.3 cm³/mol. The van der Waals surface area contributed by atoms with Crippen LogP contribution in [0.2, 0.25) is 4.47 Å². The maximum atomic E-state index is 11.5. The molecule has 0 radical (unpaired) electrons. The predicted octanol–water partition coefficient (Wildman–Crippen LogP) is 0.855. The molecule has 0 aliphatic heterocycles. The van der Waals surface area contributed by atoms with Gasteiger partial charge >= 0.3 is 0 Å². The van der Waals surface area contributed by atoms with E-state index in [9.17, 15) is 4.79 Å². The van der Waals surface area contributed by atoms with Crippen LogP contribution in [0, 0.1) is 0 Å².